The molecule has 0 amide bonds. The van der Waals surface area contributed by atoms with Gasteiger partial charge in [0.25, 0.3) is 0 Å². The average molecular weight is 230 g/mol. The van der Waals surface area contributed by atoms with Crippen LogP contribution in [0.2, 0.25) is 0 Å². The minimum Gasteiger partial charge on any atom is -0.300 e. The minimum absolute atomic E-state index is 0.370. The molecule has 1 saturated carbocycles. The number of rotatable bonds is 3. The molecule has 0 saturated heterocycles. The molecule has 90 valence electrons. The van der Waals surface area contributed by atoms with E-state index >= 15 is 0 Å². The zero-order valence-electron chi connectivity index (χ0n) is 10.2. The summed E-state index contributed by atoms with van der Waals surface area (Å²) in [6, 6.07) is 10.3. The first-order valence-electron chi connectivity index (χ1n) is 6.07. The summed E-state index contributed by atoms with van der Waals surface area (Å²) in [7, 11) is 1.98. The Bertz CT molecular complexity index is 399. The highest BCUT2D eigenvalue weighted by Crippen LogP contribution is 2.13. The number of nitrogens with zero attached hydrogens (tertiary/aromatic N) is 2. The van der Waals surface area contributed by atoms with Crippen molar-refractivity contribution in [3.63, 3.8) is 0 Å². The zero-order valence-corrected chi connectivity index (χ0v) is 10.2. The van der Waals surface area contributed by atoms with E-state index in [9.17, 15) is 4.79 Å². The van der Waals surface area contributed by atoms with Gasteiger partial charge in [-0.15, -0.1) is 0 Å². The molecule has 0 heterocycles. The predicted molar refractivity (Wildman–Crippen MR) is 68.8 cm³/mol. The lowest BCUT2D eigenvalue weighted by molar-refractivity contribution is -0.119. The van der Waals surface area contributed by atoms with Gasteiger partial charge >= 0.3 is 0 Å². The molecule has 2 rings (SSSR count). The van der Waals surface area contributed by atoms with Gasteiger partial charge in [-0.2, -0.15) is 5.10 Å². The second-order valence-corrected chi connectivity index (χ2v) is 4.51. The van der Waals surface area contributed by atoms with Crippen molar-refractivity contribution < 1.29 is 4.79 Å². The number of benzene rings is 1. The summed E-state index contributed by atoms with van der Waals surface area (Å²) in [4.78, 5) is 11.1. The predicted octanol–water partition coefficient (Wildman–Crippen LogP) is 2.62. The highest BCUT2D eigenvalue weighted by molar-refractivity contribution is 5.95. The second kappa shape index (κ2) is 5.62. The molecule has 0 aliphatic heterocycles. The Morgan fingerprint density at radius 3 is 2.41 bits per heavy atom. The van der Waals surface area contributed by atoms with Crippen LogP contribution in [0.1, 0.15) is 31.2 Å². The maximum atomic E-state index is 11.1. The van der Waals surface area contributed by atoms with Crippen LogP contribution in [-0.4, -0.2) is 23.6 Å². The van der Waals surface area contributed by atoms with Gasteiger partial charge in [0.2, 0.25) is 0 Å². The molecular formula is C14H18N2O. The molecule has 1 aliphatic rings. The van der Waals surface area contributed by atoms with E-state index in [1.54, 1.807) is 0 Å². The van der Waals surface area contributed by atoms with E-state index in [4.69, 9.17) is 0 Å². The summed E-state index contributed by atoms with van der Waals surface area (Å²) in [6.45, 7) is 0.818. The number of hydrogen-bond donors (Lipinski definition) is 0. The van der Waals surface area contributed by atoms with E-state index in [0.717, 1.165) is 25.1 Å². The quantitative estimate of drug-likeness (QED) is 0.748. The number of hydrazone groups is 1. The van der Waals surface area contributed by atoms with Crippen LogP contribution in [0, 0.1) is 0 Å². The second-order valence-electron chi connectivity index (χ2n) is 4.51. The van der Waals surface area contributed by atoms with E-state index in [1.165, 1.54) is 5.56 Å². The van der Waals surface area contributed by atoms with Gasteiger partial charge in [0.15, 0.2) is 0 Å². The third-order valence-electron chi connectivity index (χ3n) is 2.95. The zero-order chi connectivity index (χ0) is 12.1. The lowest BCUT2D eigenvalue weighted by atomic mass is 9.97. The van der Waals surface area contributed by atoms with Crippen molar-refractivity contribution >= 4 is 11.5 Å². The van der Waals surface area contributed by atoms with E-state index in [1.807, 2.05) is 30.3 Å². The molecule has 17 heavy (non-hydrogen) atoms. The van der Waals surface area contributed by atoms with E-state index in [0.29, 0.717) is 18.6 Å². The van der Waals surface area contributed by atoms with Crippen molar-refractivity contribution in [2.75, 3.05) is 7.05 Å². The van der Waals surface area contributed by atoms with E-state index < -0.39 is 0 Å². The molecular weight excluding hydrogens is 212 g/mol. The van der Waals surface area contributed by atoms with Crippen LogP contribution >= 0.6 is 0 Å². The SMILES string of the molecule is CN(Cc1ccccc1)N=C1CCC(=O)CC1. The maximum absolute atomic E-state index is 11.1. The molecule has 0 aromatic heterocycles. The number of ketones is 1. The molecule has 3 heteroatoms. The molecule has 1 aromatic rings. The van der Waals surface area contributed by atoms with Crippen molar-refractivity contribution in [2.24, 2.45) is 5.10 Å². The van der Waals surface area contributed by atoms with Gasteiger partial charge in [0.1, 0.15) is 5.78 Å². The molecule has 0 bridgehead atoms. The molecule has 0 atom stereocenters. The van der Waals surface area contributed by atoms with Crippen LogP contribution in [0.4, 0.5) is 0 Å². The van der Waals surface area contributed by atoms with Gasteiger partial charge in [0.05, 0.1) is 6.54 Å². The molecule has 0 N–H and O–H groups in total. The van der Waals surface area contributed by atoms with Gasteiger partial charge in [0, 0.05) is 25.6 Å². The van der Waals surface area contributed by atoms with Gasteiger partial charge < -0.3 is 0 Å². The summed E-state index contributed by atoms with van der Waals surface area (Å²) in [5, 5.41) is 6.52. The fraction of sp³-hybridized carbons (Fsp3) is 0.429. The van der Waals surface area contributed by atoms with Crippen LogP contribution in [0.3, 0.4) is 0 Å². The van der Waals surface area contributed by atoms with Crippen LogP contribution < -0.4 is 0 Å². The van der Waals surface area contributed by atoms with Crippen LogP contribution in [0.5, 0.6) is 0 Å². The van der Waals surface area contributed by atoms with Crippen molar-refractivity contribution in [3.8, 4) is 0 Å². The molecule has 0 unspecified atom stereocenters. The molecule has 0 spiro atoms. The highest BCUT2D eigenvalue weighted by atomic mass is 16.1. The molecule has 0 radical (unpaired) electrons. The minimum atomic E-state index is 0.370. The fourth-order valence-electron chi connectivity index (χ4n) is 2.04. The third kappa shape index (κ3) is 3.70. The van der Waals surface area contributed by atoms with Crippen LogP contribution in [-0.2, 0) is 11.3 Å². The summed E-state index contributed by atoms with van der Waals surface area (Å²) >= 11 is 0. The Kier molecular flexibility index (Phi) is 3.91. The van der Waals surface area contributed by atoms with Crippen LogP contribution in [0.15, 0.2) is 35.4 Å². The van der Waals surface area contributed by atoms with Crippen molar-refractivity contribution in [1.29, 1.82) is 0 Å². The summed E-state index contributed by atoms with van der Waals surface area (Å²) in [5.74, 6) is 0.370. The van der Waals surface area contributed by atoms with Crippen LogP contribution in [0.25, 0.3) is 0 Å². The normalized spacial score (nSPS) is 15.8. The first-order chi connectivity index (χ1) is 8.24. The Morgan fingerprint density at radius 2 is 1.76 bits per heavy atom. The molecule has 1 fully saturated rings. The standard InChI is InChI=1S/C14H18N2O/c1-16(11-12-5-3-2-4-6-12)15-13-7-9-14(17)10-8-13/h2-6H,7-11H2,1H3. The fourth-order valence-corrected chi connectivity index (χ4v) is 2.04. The monoisotopic (exact) mass is 230 g/mol. The van der Waals surface area contributed by atoms with Gasteiger partial charge in [-0.05, 0) is 18.4 Å². The number of hydrogen-bond acceptors (Lipinski definition) is 3. The van der Waals surface area contributed by atoms with Gasteiger partial charge in [-0.3, -0.25) is 9.80 Å². The number of carbonyl (C=O) groups excluding carboxylic acids is 1. The Labute approximate surface area is 102 Å². The average Bonchev–Trinajstić information content (AvgIpc) is 2.33. The van der Waals surface area contributed by atoms with Crippen molar-refractivity contribution in [1.82, 2.24) is 5.01 Å². The lowest BCUT2D eigenvalue weighted by Crippen LogP contribution is -2.19. The highest BCUT2D eigenvalue weighted by Gasteiger charge is 2.14. The Hall–Kier alpha value is -1.64. The first-order valence-corrected chi connectivity index (χ1v) is 6.07. The van der Waals surface area contributed by atoms with E-state index in [2.05, 4.69) is 17.2 Å². The first kappa shape index (κ1) is 11.8. The summed E-state index contributed by atoms with van der Waals surface area (Å²) in [5.41, 5.74) is 2.41. The number of Topliss-reactive ketones (excluding diaryl/α,β-unsaturated/α-hetero) is 1. The topological polar surface area (TPSA) is 32.7 Å². The Morgan fingerprint density at radius 1 is 1.12 bits per heavy atom. The molecule has 1 aromatic carbocycles. The lowest BCUT2D eigenvalue weighted by Gasteiger charge is -2.18. The van der Waals surface area contributed by atoms with Crippen molar-refractivity contribution in [3.05, 3.63) is 35.9 Å². The van der Waals surface area contributed by atoms with Gasteiger partial charge in [-0.1, -0.05) is 30.3 Å². The molecule has 3 nitrogen and oxygen atoms in total. The van der Waals surface area contributed by atoms with Crippen molar-refractivity contribution in [2.45, 2.75) is 32.2 Å². The smallest absolute Gasteiger partial charge is 0.133 e. The van der Waals surface area contributed by atoms with Gasteiger partial charge in [-0.25, -0.2) is 0 Å². The summed E-state index contributed by atoms with van der Waals surface area (Å²) < 4.78 is 0. The Balaban J connectivity index is 1.90. The van der Waals surface area contributed by atoms with E-state index in [-0.39, 0.29) is 0 Å². The third-order valence-corrected chi connectivity index (χ3v) is 2.95. The largest absolute Gasteiger partial charge is 0.300 e. The number of carbonyl (C=O) groups is 1. The molecule has 1 aliphatic carbocycles. The summed E-state index contributed by atoms with van der Waals surface area (Å²) in [6.07, 6.45) is 2.99. The maximum Gasteiger partial charge on any atom is 0.133 e.